The van der Waals surface area contributed by atoms with E-state index < -0.39 is 0 Å². The van der Waals surface area contributed by atoms with Crippen molar-refractivity contribution >= 4 is 0 Å². The molecule has 196 valence electrons. The smallest absolute Gasteiger partial charge is 0.127 e. The van der Waals surface area contributed by atoms with Gasteiger partial charge in [-0.3, -0.25) is 0 Å². The van der Waals surface area contributed by atoms with Crippen LogP contribution in [0.5, 0.6) is 0 Å². The molecule has 0 radical (unpaired) electrons. The third-order valence-corrected chi connectivity index (χ3v) is 9.22. The van der Waals surface area contributed by atoms with Crippen LogP contribution in [0, 0.1) is 0 Å². The summed E-state index contributed by atoms with van der Waals surface area (Å²) in [4.78, 5) is 16.6. The van der Waals surface area contributed by atoms with Gasteiger partial charge in [0.05, 0.1) is 35.9 Å². The monoisotopic (exact) mass is 514 g/mol. The molecule has 4 atom stereocenters. The van der Waals surface area contributed by atoms with Crippen molar-refractivity contribution in [2.75, 3.05) is 13.1 Å². The Labute approximate surface area is 229 Å². The van der Waals surface area contributed by atoms with E-state index in [1.807, 2.05) is 12.4 Å². The molecule has 2 bridgehead atoms. The van der Waals surface area contributed by atoms with Crippen molar-refractivity contribution in [2.24, 2.45) is 0 Å². The van der Waals surface area contributed by atoms with E-state index in [1.54, 1.807) is 11.1 Å². The zero-order chi connectivity index (χ0) is 26.1. The highest BCUT2D eigenvalue weighted by atomic mass is 15.0. The van der Waals surface area contributed by atoms with Crippen LogP contribution in [0.2, 0.25) is 0 Å². The first kappa shape index (κ1) is 23.2. The van der Waals surface area contributed by atoms with Crippen molar-refractivity contribution in [1.29, 1.82) is 0 Å². The average Bonchev–Trinajstić information content (AvgIpc) is 3.79. The van der Waals surface area contributed by atoms with Crippen LogP contribution in [0.15, 0.2) is 72.1 Å². The molecule has 0 amide bonds. The Hall–Kier alpha value is -3.74. The molecule has 0 saturated heterocycles. The topological polar surface area (TPSA) is 81.4 Å². The highest BCUT2D eigenvalue weighted by Crippen LogP contribution is 2.58. The van der Waals surface area contributed by atoms with E-state index in [4.69, 9.17) is 4.98 Å². The molecule has 1 saturated carbocycles. The van der Waals surface area contributed by atoms with Crippen molar-refractivity contribution < 1.29 is 0 Å². The van der Waals surface area contributed by atoms with Crippen molar-refractivity contribution in [3.05, 3.63) is 94.9 Å². The number of aromatic nitrogens is 4. The third kappa shape index (κ3) is 3.85. The quantitative estimate of drug-likeness (QED) is 0.224. The fourth-order valence-electron chi connectivity index (χ4n) is 7.31. The molecule has 6 heteroatoms. The fourth-order valence-corrected chi connectivity index (χ4v) is 7.31. The van der Waals surface area contributed by atoms with Crippen LogP contribution in [0.25, 0.3) is 33.6 Å². The van der Waals surface area contributed by atoms with Gasteiger partial charge in [-0.15, -0.1) is 0 Å². The van der Waals surface area contributed by atoms with Crippen LogP contribution in [-0.2, 0) is 0 Å². The highest BCUT2D eigenvalue weighted by molar-refractivity contribution is 5.80. The molecule has 2 aromatic heterocycles. The van der Waals surface area contributed by atoms with Gasteiger partial charge in [0.2, 0.25) is 0 Å². The second kappa shape index (κ2) is 8.90. The van der Waals surface area contributed by atoms with E-state index in [-0.39, 0.29) is 12.1 Å². The number of fused-ring (bicyclic) bond motifs is 5. The number of benzene rings is 2. The van der Waals surface area contributed by atoms with Gasteiger partial charge in [-0.25, -0.2) is 9.97 Å². The van der Waals surface area contributed by atoms with Crippen LogP contribution in [0.3, 0.4) is 0 Å². The van der Waals surface area contributed by atoms with Gasteiger partial charge in [0, 0.05) is 18.7 Å². The molecule has 4 heterocycles. The predicted molar refractivity (Wildman–Crippen MR) is 155 cm³/mol. The Kier molecular flexibility index (Phi) is 5.29. The minimum atomic E-state index is 0.176. The lowest BCUT2D eigenvalue weighted by molar-refractivity contribution is 0.673. The molecule has 4 aliphatic rings. The Bertz CT molecular complexity index is 1630. The number of imidazole rings is 2. The molecule has 8 rings (SSSR count). The van der Waals surface area contributed by atoms with Crippen LogP contribution >= 0.6 is 0 Å². The minimum absolute atomic E-state index is 0.176. The summed E-state index contributed by atoms with van der Waals surface area (Å²) in [6.45, 7) is 6.19. The SMILES string of the molecule is CC1=C[C@@H](c2ncc(-c3ccc(-c4ccc(-c5cnc([C@@H]6C=C(C)CN6)[nH]5)c5c4C4CCC5C4)cc3)[nH]2)NC1. The number of hydrogen-bond acceptors (Lipinski definition) is 4. The largest absolute Gasteiger partial charge is 0.340 e. The fraction of sp³-hybridized carbons (Fsp3) is 0.333. The standard InChI is InChI=1S/C33H34N6/c1-18-11-26(34-14-18)32-36-16-28(38-32)21-5-3-20(4-6-21)24-9-10-25(31-23-8-7-22(13-23)30(24)31)29-17-37-33(39-29)27-12-19(2)15-35-27/h3-6,9-12,16-17,22-23,26-27,34-35H,7-8,13-15H2,1-2H3,(H,36,38)(H,37,39)/t22?,23?,26-,27-/m0/s1. The van der Waals surface area contributed by atoms with Gasteiger partial charge in [0.25, 0.3) is 0 Å². The maximum atomic E-state index is 4.77. The van der Waals surface area contributed by atoms with E-state index >= 15 is 0 Å². The summed E-state index contributed by atoms with van der Waals surface area (Å²) in [7, 11) is 0. The molecule has 2 aliphatic carbocycles. The Morgan fingerprint density at radius 3 is 1.79 bits per heavy atom. The molecule has 39 heavy (non-hydrogen) atoms. The molecular weight excluding hydrogens is 480 g/mol. The number of nitrogens with one attached hydrogen (secondary N) is 4. The molecule has 2 unspecified atom stereocenters. The summed E-state index contributed by atoms with van der Waals surface area (Å²) in [5, 5.41) is 7.02. The van der Waals surface area contributed by atoms with E-state index in [0.29, 0.717) is 11.8 Å². The molecule has 0 spiro atoms. The molecule has 4 aromatic rings. The predicted octanol–water partition coefficient (Wildman–Crippen LogP) is 6.68. The van der Waals surface area contributed by atoms with Gasteiger partial charge in [-0.1, -0.05) is 59.7 Å². The maximum Gasteiger partial charge on any atom is 0.127 e. The van der Waals surface area contributed by atoms with Crippen LogP contribution in [0.1, 0.15) is 79.8 Å². The van der Waals surface area contributed by atoms with Crippen LogP contribution in [-0.4, -0.2) is 33.0 Å². The number of H-pyrrole nitrogens is 2. The Morgan fingerprint density at radius 2 is 1.18 bits per heavy atom. The maximum absolute atomic E-state index is 4.77. The van der Waals surface area contributed by atoms with Crippen LogP contribution < -0.4 is 10.6 Å². The zero-order valence-electron chi connectivity index (χ0n) is 22.5. The lowest BCUT2D eigenvalue weighted by Gasteiger charge is -2.22. The van der Waals surface area contributed by atoms with Crippen molar-refractivity contribution in [3.63, 3.8) is 0 Å². The first-order valence-electron chi connectivity index (χ1n) is 14.3. The lowest BCUT2D eigenvalue weighted by atomic mass is 9.82. The van der Waals surface area contributed by atoms with Gasteiger partial charge in [0.1, 0.15) is 11.6 Å². The summed E-state index contributed by atoms with van der Waals surface area (Å²) in [6, 6.07) is 14.1. The van der Waals surface area contributed by atoms with Crippen molar-refractivity contribution in [1.82, 2.24) is 30.6 Å². The van der Waals surface area contributed by atoms with E-state index in [9.17, 15) is 0 Å². The molecule has 6 nitrogen and oxygen atoms in total. The van der Waals surface area contributed by atoms with Crippen molar-refractivity contribution in [3.8, 4) is 33.6 Å². The minimum Gasteiger partial charge on any atom is -0.340 e. The Balaban J connectivity index is 1.12. The summed E-state index contributed by atoms with van der Waals surface area (Å²) in [5.41, 5.74) is 13.3. The summed E-state index contributed by atoms with van der Waals surface area (Å²) < 4.78 is 0. The number of hydrogen-bond donors (Lipinski definition) is 4. The van der Waals surface area contributed by atoms with Gasteiger partial charge in [-0.2, -0.15) is 0 Å². The zero-order valence-corrected chi connectivity index (χ0v) is 22.5. The molecule has 2 aliphatic heterocycles. The van der Waals surface area contributed by atoms with E-state index in [2.05, 4.69) is 88.0 Å². The number of nitrogens with zero attached hydrogens (tertiary/aromatic N) is 2. The molecule has 1 fully saturated rings. The first-order valence-corrected chi connectivity index (χ1v) is 14.3. The summed E-state index contributed by atoms with van der Waals surface area (Å²) in [5.74, 6) is 3.31. The molecular formula is C33H34N6. The highest BCUT2D eigenvalue weighted by Gasteiger charge is 2.40. The van der Waals surface area contributed by atoms with Gasteiger partial charge in [-0.05, 0) is 72.8 Å². The number of aromatic amines is 2. The first-order chi connectivity index (χ1) is 19.1. The van der Waals surface area contributed by atoms with Gasteiger partial charge in [0.15, 0.2) is 0 Å². The summed E-state index contributed by atoms with van der Waals surface area (Å²) in [6.07, 6.45) is 12.4. The molecule has 4 N–H and O–H groups in total. The van der Waals surface area contributed by atoms with Gasteiger partial charge >= 0.3 is 0 Å². The van der Waals surface area contributed by atoms with Crippen molar-refractivity contribution in [2.45, 2.75) is 57.0 Å². The van der Waals surface area contributed by atoms with E-state index in [0.717, 1.165) is 36.1 Å². The normalized spacial score (nSPS) is 25.3. The van der Waals surface area contributed by atoms with Crippen LogP contribution in [0.4, 0.5) is 0 Å². The second-order valence-corrected chi connectivity index (χ2v) is 11.9. The summed E-state index contributed by atoms with van der Waals surface area (Å²) >= 11 is 0. The average molecular weight is 515 g/mol. The second-order valence-electron chi connectivity index (χ2n) is 11.9. The Morgan fingerprint density at radius 1 is 0.641 bits per heavy atom. The van der Waals surface area contributed by atoms with E-state index in [1.165, 1.54) is 52.7 Å². The molecule has 2 aromatic carbocycles. The third-order valence-electron chi connectivity index (χ3n) is 9.22. The number of rotatable bonds is 5. The van der Waals surface area contributed by atoms with Gasteiger partial charge < -0.3 is 20.6 Å². The lowest BCUT2D eigenvalue weighted by Crippen LogP contribution is -2.15.